The van der Waals surface area contributed by atoms with E-state index in [1.165, 1.54) is 16.6 Å². The Bertz CT molecular complexity index is 479. The number of nitrogens with zero attached hydrogens (tertiary/aromatic N) is 2. The van der Waals surface area contributed by atoms with Crippen LogP contribution in [0.15, 0.2) is 27.8 Å². The minimum Gasteiger partial charge on any atom is -0.396 e. The Kier molecular flexibility index (Phi) is 6.20. The topological polar surface area (TPSA) is 70.5 Å². The lowest BCUT2D eigenvalue weighted by Gasteiger charge is -2.16. The van der Waals surface area contributed by atoms with Gasteiger partial charge in [-0.05, 0) is 41.3 Å². The van der Waals surface area contributed by atoms with Crippen molar-refractivity contribution in [1.82, 2.24) is 9.29 Å². The van der Waals surface area contributed by atoms with E-state index in [0.29, 0.717) is 17.4 Å². The molecule has 0 spiro atoms. The number of unbranched alkanes of at least 4 members (excludes halogenated alkanes) is 2. The molecule has 0 aliphatic carbocycles. The second-order valence-electron chi connectivity index (χ2n) is 3.95. The Morgan fingerprint density at radius 2 is 2.06 bits per heavy atom. The van der Waals surface area contributed by atoms with Crippen LogP contribution in [0.1, 0.15) is 19.3 Å². The van der Waals surface area contributed by atoms with Crippen LogP contribution < -0.4 is 0 Å². The molecule has 0 aliphatic heterocycles. The van der Waals surface area contributed by atoms with Gasteiger partial charge in [0.1, 0.15) is 4.90 Å². The van der Waals surface area contributed by atoms with E-state index in [-0.39, 0.29) is 11.5 Å². The molecule has 1 aromatic rings. The van der Waals surface area contributed by atoms with Crippen LogP contribution in [0.5, 0.6) is 0 Å². The first-order valence-electron chi connectivity index (χ1n) is 5.66. The van der Waals surface area contributed by atoms with E-state index in [4.69, 9.17) is 5.11 Å². The number of rotatable bonds is 7. The number of aliphatic hydroxyl groups excluding tert-OH is 1. The summed E-state index contributed by atoms with van der Waals surface area (Å²) in [6.07, 6.45) is 5.13. The summed E-state index contributed by atoms with van der Waals surface area (Å²) in [4.78, 5) is 4.04. The Morgan fingerprint density at radius 3 is 2.67 bits per heavy atom. The zero-order valence-corrected chi connectivity index (χ0v) is 12.6. The van der Waals surface area contributed by atoms with Crippen LogP contribution in [0.25, 0.3) is 0 Å². The molecule has 0 amide bonds. The molecule has 7 heteroatoms. The lowest BCUT2D eigenvalue weighted by molar-refractivity contribution is 0.281. The van der Waals surface area contributed by atoms with E-state index in [1.807, 2.05) is 0 Å². The molecule has 0 aromatic carbocycles. The monoisotopic (exact) mass is 336 g/mol. The fourth-order valence-electron chi connectivity index (χ4n) is 1.46. The summed E-state index contributed by atoms with van der Waals surface area (Å²) in [7, 11) is -1.92. The summed E-state index contributed by atoms with van der Waals surface area (Å²) >= 11 is 3.20. The fraction of sp³-hybridized carbons (Fsp3) is 0.545. The van der Waals surface area contributed by atoms with E-state index in [1.54, 1.807) is 13.2 Å². The standard InChI is InChI=1S/C11H17BrN2O3S/c1-14(5-3-2-4-6-15)18(16,17)11-7-10(12)8-13-9-11/h7-9,15H,2-6H2,1H3. The predicted octanol–water partition coefficient (Wildman–Crippen LogP) is 1.63. The number of aromatic nitrogens is 1. The summed E-state index contributed by atoms with van der Waals surface area (Å²) in [5.74, 6) is 0. The quantitative estimate of drug-likeness (QED) is 0.768. The molecule has 1 N–H and O–H groups in total. The first-order chi connectivity index (χ1) is 8.48. The molecule has 0 fully saturated rings. The van der Waals surface area contributed by atoms with Gasteiger partial charge in [0, 0.05) is 37.1 Å². The molecule has 18 heavy (non-hydrogen) atoms. The van der Waals surface area contributed by atoms with Crippen molar-refractivity contribution in [2.75, 3.05) is 20.2 Å². The van der Waals surface area contributed by atoms with Crippen LogP contribution >= 0.6 is 15.9 Å². The number of pyridine rings is 1. The molecular weight excluding hydrogens is 320 g/mol. The average molecular weight is 337 g/mol. The Balaban J connectivity index is 2.68. The van der Waals surface area contributed by atoms with Crippen LogP contribution in [0, 0.1) is 0 Å². The Hall–Kier alpha value is -0.500. The SMILES string of the molecule is CN(CCCCCO)S(=O)(=O)c1cncc(Br)c1. The zero-order chi connectivity index (χ0) is 13.6. The molecule has 1 aromatic heterocycles. The normalized spacial score (nSPS) is 12.0. The molecule has 0 unspecified atom stereocenters. The van der Waals surface area contributed by atoms with Gasteiger partial charge < -0.3 is 5.11 Å². The first kappa shape index (κ1) is 15.6. The van der Waals surface area contributed by atoms with Gasteiger partial charge in [0.2, 0.25) is 10.0 Å². The van der Waals surface area contributed by atoms with Crippen LogP contribution in [-0.4, -0.2) is 43.0 Å². The maximum atomic E-state index is 12.2. The third-order valence-electron chi connectivity index (χ3n) is 2.52. The summed E-state index contributed by atoms with van der Waals surface area (Å²) in [6.45, 7) is 0.584. The largest absolute Gasteiger partial charge is 0.396 e. The Morgan fingerprint density at radius 1 is 1.33 bits per heavy atom. The smallest absolute Gasteiger partial charge is 0.244 e. The van der Waals surface area contributed by atoms with Crippen molar-refractivity contribution in [1.29, 1.82) is 0 Å². The van der Waals surface area contributed by atoms with Gasteiger partial charge in [0.25, 0.3) is 0 Å². The first-order valence-corrected chi connectivity index (χ1v) is 7.89. The van der Waals surface area contributed by atoms with Gasteiger partial charge in [-0.3, -0.25) is 4.98 Å². The summed E-state index contributed by atoms with van der Waals surface area (Å²) in [5.41, 5.74) is 0. The van der Waals surface area contributed by atoms with Gasteiger partial charge in [-0.15, -0.1) is 0 Å². The highest BCUT2D eigenvalue weighted by Gasteiger charge is 2.20. The van der Waals surface area contributed by atoms with Gasteiger partial charge >= 0.3 is 0 Å². The molecule has 0 aliphatic rings. The maximum absolute atomic E-state index is 12.2. The zero-order valence-electron chi connectivity index (χ0n) is 10.2. The van der Waals surface area contributed by atoms with E-state index < -0.39 is 10.0 Å². The van der Waals surface area contributed by atoms with Gasteiger partial charge in [-0.25, -0.2) is 12.7 Å². The van der Waals surface area contributed by atoms with E-state index in [9.17, 15) is 8.42 Å². The van der Waals surface area contributed by atoms with Crippen LogP contribution in [0.3, 0.4) is 0 Å². The molecule has 1 rings (SSSR count). The third-order valence-corrected chi connectivity index (χ3v) is 4.77. The van der Waals surface area contributed by atoms with Crippen molar-refractivity contribution in [2.45, 2.75) is 24.2 Å². The van der Waals surface area contributed by atoms with Gasteiger partial charge in [-0.1, -0.05) is 0 Å². The van der Waals surface area contributed by atoms with Crippen molar-refractivity contribution in [3.8, 4) is 0 Å². The fourth-order valence-corrected chi connectivity index (χ4v) is 3.17. The van der Waals surface area contributed by atoms with Gasteiger partial charge in [0.15, 0.2) is 0 Å². The lowest BCUT2D eigenvalue weighted by Crippen LogP contribution is -2.28. The number of hydrogen-bond acceptors (Lipinski definition) is 4. The molecule has 102 valence electrons. The number of hydrogen-bond donors (Lipinski definition) is 1. The molecule has 0 atom stereocenters. The lowest BCUT2D eigenvalue weighted by atomic mass is 10.2. The molecule has 0 saturated heterocycles. The van der Waals surface area contributed by atoms with Gasteiger partial charge in [-0.2, -0.15) is 0 Å². The summed E-state index contributed by atoms with van der Waals surface area (Å²) in [5, 5.41) is 8.65. The van der Waals surface area contributed by atoms with E-state index in [2.05, 4.69) is 20.9 Å². The maximum Gasteiger partial charge on any atom is 0.244 e. The number of halogens is 1. The summed E-state index contributed by atoms with van der Waals surface area (Å²) < 4.78 is 26.3. The highest BCUT2D eigenvalue weighted by atomic mass is 79.9. The van der Waals surface area contributed by atoms with Crippen LogP contribution in [-0.2, 0) is 10.0 Å². The predicted molar refractivity (Wildman–Crippen MR) is 72.7 cm³/mol. The highest BCUT2D eigenvalue weighted by Crippen LogP contribution is 2.18. The van der Waals surface area contributed by atoms with Crippen LogP contribution in [0.2, 0.25) is 0 Å². The molecule has 0 radical (unpaired) electrons. The second kappa shape index (κ2) is 7.18. The minimum atomic E-state index is -3.47. The number of aliphatic hydroxyl groups is 1. The molecule has 0 saturated carbocycles. The van der Waals surface area contributed by atoms with Crippen molar-refractivity contribution in [3.05, 3.63) is 22.9 Å². The van der Waals surface area contributed by atoms with Crippen molar-refractivity contribution in [2.24, 2.45) is 0 Å². The average Bonchev–Trinajstić information content (AvgIpc) is 2.34. The van der Waals surface area contributed by atoms with Crippen molar-refractivity contribution in [3.63, 3.8) is 0 Å². The third kappa shape index (κ3) is 4.31. The summed E-state index contributed by atoms with van der Waals surface area (Å²) in [6, 6.07) is 1.53. The van der Waals surface area contributed by atoms with Gasteiger partial charge in [0.05, 0.1) is 0 Å². The van der Waals surface area contributed by atoms with E-state index in [0.717, 1.165) is 12.8 Å². The molecule has 1 heterocycles. The molecule has 5 nitrogen and oxygen atoms in total. The van der Waals surface area contributed by atoms with Crippen molar-refractivity contribution < 1.29 is 13.5 Å². The van der Waals surface area contributed by atoms with Crippen molar-refractivity contribution >= 4 is 26.0 Å². The second-order valence-corrected chi connectivity index (χ2v) is 6.91. The molecule has 0 bridgehead atoms. The number of sulfonamides is 1. The van der Waals surface area contributed by atoms with E-state index >= 15 is 0 Å². The Labute approximate surface area is 116 Å². The molecular formula is C11H17BrN2O3S. The highest BCUT2D eigenvalue weighted by molar-refractivity contribution is 9.10. The minimum absolute atomic E-state index is 0.145. The van der Waals surface area contributed by atoms with Crippen LogP contribution in [0.4, 0.5) is 0 Å².